The summed E-state index contributed by atoms with van der Waals surface area (Å²) in [6, 6.07) is 0. The zero-order valence-electron chi connectivity index (χ0n) is 35.4. The van der Waals surface area contributed by atoms with Gasteiger partial charge in [-0.3, -0.25) is 18.6 Å². The van der Waals surface area contributed by atoms with Crippen molar-refractivity contribution >= 4 is 19.8 Å². The average Bonchev–Trinajstić information content (AvgIpc) is 3.17. The van der Waals surface area contributed by atoms with Gasteiger partial charge in [0.25, 0.3) is 0 Å². The molecule has 9 nitrogen and oxygen atoms in total. The average molecular weight is 798 g/mol. The Morgan fingerprint density at radius 1 is 0.545 bits per heavy atom. The van der Waals surface area contributed by atoms with E-state index in [0.717, 1.165) is 44.9 Å². The summed E-state index contributed by atoms with van der Waals surface area (Å²) in [4.78, 5) is 34.9. The van der Waals surface area contributed by atoms with Crippen LogP contribution in [-0.2, 0) is 32.7 Å². The van der Waals surface area contributed by atoms with E-state index in [0.29, 0.717) is 6.42 Å². The summed E-state index contributed by atoms with van der Waals surface area (Å²) in [7, 11) is -4.39. The van der Waals surface area contributed by atoms with Gasteiger partial charge in [-0.15, -0.1) is 0 Å². The van der Waals surface area contributed by atoms with Crippen molar-refractivity contribution in [3.8, 4) is 0 Å². The van der Waals surface area contributed by atoms with Crippen molar-refractivity contribution in [3.05, 3.63) is 36.5 Å². The van der Waals surface area contributed by atoms with Gasteiger partial charge in [-0.1, -0.05) is 185 Å². The predicted molar refractivity (Wildman–Crippen MR) is 229 cm³/mol. The van der Waals surface area contributed by atoms with Crippen LogP contribution in [0.4, 0.5) is 0 Å². The van der Waals surface area contributed by atoms with Crippen LogP contribution >= 0.6 is 7.82 Å². The Bertz CT molecular complexity index is 1000. The Balaban J connectivity index is 4.19. The molecule has 0 aliphatic rings. The number of unbranched alkanes of at least 4 members (excludes halogenated alkanes) is 23. The van der Waals surface area contributed by atoms with E-state index in [-0.39, 0.29) is 32.6 Å². The van der Waals surface area contributed by atoms with Gasteiger partial charge in [-0.2, -0.15) is 0 Å². The number of allylic oxidation sites excluding steroid dienone is 6. The fraction of sp³-hybridized carbons (Fsp3) is 0.822. The second-order valence-electron chi connectivity index (χ2n) is 14.9. The quantitative estimate of drug-likeness (QED) is 0.0268. The van der Waals surface area contributed by atoms with Crippen molar-refractivity contribution < 1.29 is 37.6 Å². The first-order valence-electron chi connectivity index (χ1n) is 22.5. The molecule has 0 aromatic rings. The maximum atomic E-state index is 12.6. The molecule has 0 saturated heterocycles. The van der Waals surface area contributed by atoms with Crippen LogP contribution < -0.4 is 5.73 Å². The molecule has 2 unspecified atom stereocenters. The molecule has 0 spiro atoms. The Morgan fingerprint density at radius 2 is 0.964 bits per heavy atom. The normalized spacial score (nSPS) is 13.6. The molecule has 0 rings (SSSR count). The summed E-state index contributed by atoms with van der Waals surface area (Å²) < 4.78 is 32.7. The van der Waals surface area contributed by atoms with Crippen LogP contribution in [0.5, 0.6) is 0 Å². The number of carbonyl (C=O) groups excluding carboxylic acids is 2. The molecule has 0 fully saturated rings. The lowest BCUT2D eigenvalue weighted by atomic mass is 10.0. The van der Waals surface area contributed by atoms with Crippen molar-refractivity contribution in [3.63, 3.8) is 0 Å². The topological polar surface area (TPSA) is 134 Å². The van der Waals surface area contributed by atoms with Gasteiger partial charge in [-0.25, -0.2) is 4.57 Å². The van der Waals surface area contributed by atoms with Crippen molar-refractivity contribution in [1.82, 2.24) is 0 Å². The molecule has 2 atom stereocenters. The first-order valence-corrected chi connectivity index (χ1v) is 24.0. The van der Waals surface area contributed by atoms with E-state index >= 15 is 0 Å². The standard InChI is InChI=1S/C45H84NO8P/c1-3-5-7-9-11-13-15-17-19-21-23-25-27-29-31-33-35-37-44(47)51-41-43(42-53-55(49,50)52-40-39-46)54-45(48)38-36-34-32-30-28-26-24-22-20-18-16-14-12-10-8-6-4-2/h18,20,24,26,30,32,43H,3-17,19,21-23,25,27-29,31,33-42,46H2,1-2H3,(H,49,50). The molecule has 322 valence electrons. The summed E-state index contributed by atoms with van der Waals surface area (Å²) in [5, 5.41) is 0. The van der Waals surface area contributed by atoms with E-state index in [2.05, 4.69) is 44.2 Å². The van der Waals surface area contributed by atoms with Gasteiger partial charge in [0.15, 0.2) is 6.10 Å². The lowest BCUT2D eigenvalue weighted by Gasteiger charge is -2.19. The Kier molecular flexibility index (Phi) is 40.5. The molecule has 10 heteroatoms. The molecular formula is C45H84NO8P. The lowest BCUT2D eigenvalue weighted by Crippen LogP contribution is -2.29. The van der Waals surface area contributed by atoms with Crippen LogP contribution in [0.3, 0.4) is 0 Å². The number of nitrogens with two attached hydrogens (primary N) is 1. The van der Waals surface area contributed by atoms with E-state index in [9.17, 15) is 19.0 Å². The van der Waals surface area contributed by atoms with E-state index in [1.165, 1.54) is 128 Å². The minimum absolute atomic E-state index is 0.0464. The molecule has 0 bridgehead atoms. The highest BCUT2D eigenvalue weighted by atomic mass is 31.2. The summed E-state index contributed by atoms with van der Waals surface area (Å²) >= 11 is 0. The molecule has 0 amide bonds. The molecule has 0 aromatic carbocycles. The molecule has 0 aromatic heterocycles. The summed E-state index contributed by atoms with van der Waals surface area (Å²) in [6.45, 7) is 3.69. The van der Waals surface area contributed by atoms with Gasteiger partial charge in [-0.05, 0) is 44.9 Å². The monoisotopic (exact) mass is 798 g/mol. The van der Waals surface area contributed by atoms with Crippen LogP contribution in [-0.4, -0.2) is 49.3 Å². The SMILES string of the molecule is CCCCCCCCC=CCC=CCC=CCCCC(=O)OC(COC(=O)CCCCCCCCCCCCCCCCCCC)COP(=O)(O)OCCN. The lowest BCUT2D eigenvalue weighted by molar-refractivity contribution is -0.161. The van der Waals surface area contributed by atoms with E-state index in [1.807, 2.05) is 6.08 Å². The molecule has 55 heavy (non-hydrogen) atoms. The first kappa shape index (κ1) is 53.2. The zero-order chi connectivity index (χ0) is 40.3. The van der Waals surface area contributed by atoms with Crippen LogP contribution in [0.1, 0.15) is 206 Å². The highest BCUT2D eigenvalue weighted by Gasteiger charge is 2.25. The zero-order valence-corrected chi connectivity index (χ0v) is 36.3. The van der Waals surface area contributed by atoms with Crippen LogP contribution in [0, 0.1) is 0 Å². The minimum Gasteiger partial charge on any atom is -0.462 e. The van der Waals surface area contributed by atoms with E-state index in [1.54, 1.807) is 0 Å². The molecule has 3 N–H and O–H groups in total. The number of rotatable bonds is 42. The van der Waals surface area contributed by atoms with Gasteiger partial charge in [0.1, 0.15) is 6.61 Å². The fourth-order valence-electron chi connectivity index (χ4n) is 6.18. The highest BCUT2D eigenvalue weighted by molar-refractivity contribution is 7.47. The number of hydrogen-bond donors (Lipinski definition) is 2. The molecule has 0 radical (unpaired) electrons. The maximum absolute atomic E-state index is 12.6. The Morgan fingerprint density at radius 3 is 1.45 bits per heavy atom. The van der Waals surface area contributed by atoms with Gasteiger partial charge in [0, 0.05) is 19.4 Å². The predicted octanol–water partition coefficient (Wildman–Crippen LogP) is 12.9. The highest BCUT2D eigenvalue weighted by Crippen LogP contribution is 2.43. The third kappa shape index (κ3) is 41.7. The van der Waals surface area contributed by atoms with Crippen molar-refractivity contribution in [2.45, 2.75) is 213 Å². The Labute approximate surface area is 337 Å². The van der Waals surface area contributed by atoms with Crippen molar-refractivity contribution in [1.29, 1.82) is 0 Å². The molecular weight excluding hydrogens is 713 g/mol. The molecule has 0 saturated carbocycles. The van der Waals surface area contributed by atoms with Crippen molar-refractivity contribution in [2.75, 3.05) is 26.4 Å². The minimum atomic E-state index is -4.39. The number of phosphoric ester groups is 1. The fourth-order valence-corrected chi connectivity index (χ4v) is 6.95. The van der Waals surface area contributed by atoms with E-state index in [4.69, 9.17) is 24.3 Å². The second-order valence-corrected chi connectivity index (χ2v) is 16.4. The smallest absolute Gasteiger partial charge is 0.462 e. The van der Waals surface area contributed by atoms with Gasteiger partial charge < -0.3 is 20.1 Å². The van der Waals surface area contributed by atoms with Gasteiger partial charge >= 0.3 is 19.8 Å². The maximum Gasteiger partial charge on any atom is 0.472 e. The number of carbonyl (C=O) groups is 2. The Hall–Kier alpha value is -1.77. The first-order chi connectivity index (χ1) is 26.8. The molecule has 0 heterocycles. The molecule has 0 aliphatic carbocycles. The number of ether oxygens (including phenoxy) is 2. The summed E-state index contributed by atoms with van der Waals surface area (Å²) in [5.74, 6) is -0.883. The largest absolute Gasteiger partial charge is 0.472 e. The van der Waals surface area contributed by atoms with Gasteiger partial charge in [0.05, 0.1) is 13.2 Å². The van der Waals surface area contributed by atoms with Crippen molar-refractivity contribution in [2.24, 2.45) is 5.73 Å². The van der Waals surface area contributed by atoms with E-state index < -0.39 is 32.5 Å². The van der Waals surface area contributed by atoms with Crippen LogP contribution in [0.15, 0.2) is 36.5 Å². The summed E-state index contributed by atoms with van der Waals surface area (Å²) in [6.07, 6.45) is 46.1. The number of hydrogen-bond acceptors (Lipinski definition) is 8. The second kappa shape index (κ2) is 41.9. The summed E-state index contributed by atoms with van der Waals surface area (Å²) in [5.41, 5.74) is 5.35. The van der Waals surface area contributed by atoms with Crippen LogP contribution in [0.25, 0.3) is 0 Å². The third-order valence-corrected chi connectivity index (χ3v) is 10.5. The third-order valence-electron chi connectivity index (χ3n) is 9.53. The number of phosphoric acid groups is 1. The van der Waals surface area contributed by atoms with Crippen LogP contribution in [0.2, 0.25) is 0 Å². The molecule has 0 aliphatic heterocycles. The number of esters is 2. The van der Waals surface area contributed by atoms with Gasteiger partial charge in [0.2, 0.25) is 0 Å².